The lowest BCUT2D eigenvalue weighted by atomic mass is 10.1. The summed E-state index contributed by atoms with van der Waals surface area (Å²) in [4.78, 5) is 23.6. The number of nitrogens with zero attached hydrogens (tertiary/aromatic N) is 1. The summed E-state index contributed by atoms with van der Waals surface area (Å²) in [5, 5.41) is 16.5. The largest absolute Gasteiger partial charge is 0.507 e. The van der Waals surface area contributed by atoms with Crippen molar-refractivity contribution < 1.29 is 14.7 Å². The highest BCUT2D eigenvalue weighted by Crippen LogP contribution is 2.20. The number of hydrazone groups is 1. The van der Waals surface area contributed by atoms with E-state index in [4.69, 9.17) is 0 Å². The molecule has 0 aliphatic rings. The van der Waals surface area contributed by atoms with Crippen LogP contribution in [0.25, 0.3) is 0 Å². The van der Waals surface area contributed by atoms with Crippen LogP contribution in [0.1, 0.15) is 43.1 Å². The summed E-state index contributed by atoms with van der Waals surface area (Å²) in [5.74, 6) is -0.335. The maximum Gasteiger partial charge on any atom is 0.275 e. The Morgan fingerprint density at radius 1 is 1.32 bits per heavy atom. The molecular weight excluding hydrogens is 282 g/mol. The Bertz CT molecular complexity index is 580. The lowest BCUT2D eigenvalue weighted by Gasteiger charge is -2.08. The fourth-order valence-corrected chi connectivity index (χ4v) is 1.70. The molecule has 0 fully saturated rings. The number of nitrogens with one attached hydrogen (secondary N) is 2. The van der Waals surface area contributed by atoms with Gasteiger partial charge in [0, 0.05) is 12.3 Å². The van der Waals surface area contributed by atoms with Crippen LogP contribution in [-0.2, 0) is 4.79 Å². The molecule has 1 aromatic carbocycles. The monoisotopic (exact) mass is 305 g/mol. The standard InChI is InChI=1S/C16H23N3O3/c1-10(2)9-17-14(20)8-12(4)18-19-16(22)13-7-5-6-11(3)15(13)21/h5-7,10,21H,8-9H2,1-4H3,(H,17,20)(H,19,22)/b18-12-. The molecule has 3 N–H and O–H groups in total. The quantitative estimate of drug-likeness (QED) is 0.554. The maximum absolute atomic E-state index is 11.9. The van der Waals surface area contributed by atoms with Crippen molar-refractivity contribution in [3.8, 4) is 5.75 Å². The van der Waals surface area contributed by atoms with Crippen LogP contribution in [0.15, 0.2) is 23.3 Å². The first-order chi connectivity index (χ1) is 10.3. The fraction of sp³-hybridized carbons (Fsp3) is 0.438. The van der Waals surface area contributed by atoms with Gasteiger partial charge in [-0.1, -0.05) is 26.0 Å². The molecule has 0 bridgehead atoms. The lowest BCUT2D eigenvalue weighted by molar-refractivity contribution is -0.120. The van der Waals surface area contributed by atoms with Gasteiger partial charge in [-0.05, 0) is 31.4 Å². The van der Waals surface area contributed by atoms with Crippen LogP contribution in [0.2, 0.25) is 0 Å². The Labute approximate surface area is 130 Å². The number of hydrogen-bond donors (Lipinski definition) is 3. The molecule has 22 heavy (non-hydrogen) atoms. The summed E-state index contributed by atoms with van der Waals surface area (Å²) in [6.45, 7) is 7.99. The van der Waals surface area contributed by atoms with E-state index in [0.717, 1.165) is 0 Å². The predicted octanol–water partition coefficient (Wildman–Crippen LogP) is 1.97. The molecule has 0 aromatic heterocycles. The van der Waals surface area contributed by atoms with Crippen LogP contribution in [0.4, 0.5) is 0 Å². The number of aryl methyl sites for hydroxylation is 1. The topological polar surface area (TPSA) is 90.8 Å². The molecule has 6 nitrogen and oxygen atoms in total. The summed E-state index contributed by atoms with van der Waals surface area (Å²) >= 11 is 0. The number of carbonyl (C=O) groups is 2. The zero-order valence-electron chi connectivity index (χ0n) is 13.4. The molecule has 6 heteroatoms. The van der Waals surface area contributed by atoms with Gasteiger partial charge in [0.1, 0.15) is 5.75 Å². The molecule has 120 valence electrons. The average Bonchev–Trinajstić information content (AvgIpc) is 2.45. The van der Waals surface area contributed by atoms with E-state index >= 15 is 0 Å². The lowest BCUT2D eigenvalue weighted by Crippen LogP contribution is -2.29. The number of para-hydroxylation sites is 1. The number of carbonyl (C=O) groups excluding carboxylic acids is 2. The third-order valence-electron chi connectivity index (χ3n) is 2.95. The van der Waals surface area contributed by atoms with Crippen molar-refractivity contribution >= 4 is 17.5 Å². The van der Waals surface area contributed by atoms with Crippen molar-refractivity contribution in [1.82, 2.24) is 10.7 Å². The Balaban J connectivity index is 2.58. The minimum Gasteiger partial charge on any atom is -0.507 e. The zero-order chi connectivity index (χ0) is 16.7. The molecule has 0 aliphatic heterocycles. The summed E-state index contributed by atoms with van der Waals surface area (Å²) in [6.07, 6.45) is 0.118. The van der Waals surface area contributed by atoms with Crippen molar-refractivity contribution in [3.63, 3.8) is 0 Å². The second-order valence-corrected chi connectivity index (χ2v) is 5.63. The van der Waals surface area contributed by atoms with Gasteiger partial charge in [-0.25, -0.2) is 5.43 Å². The summed E-state index contributed by atoms with van der Waals surface area (Å²) in [5.41, 5.74) is 3.60. The van der Waals surface area contributed by atoms with E-state index in [2.05, 4.69) is 15.8 Å². The number of benzene rings is 1. The second-order valence-electron chi connectivity index (χ2n) is 5.63. The number of phenolic OH excluding ortho intramolecular Hbond substituents is 1. The van der Waals surface area contributed by atoms with Crippen LogP contribution in [0.5, 0.6) is 5.75 Å². The molecule has 0 atom stereocenters. The first kappa shape index (κ1) is 17.7. The van der Waals surface area contributed by atoms with Crippen LogP contribution in [-0.4, -0.2) is 29.2 Å². The van der Waals surface area contributed by atoms with Crippen molar-refractivity contribution in [2.24, 2.45) is 11.0 Å². The van der Waals surface area contributed by atoms with E-state index in [1.54, 1.807) is 26.0 Å². The highest BCUT2D eigenvalue weighted by atomic mass is 16.3. The number of rotatable bonds is 6. The fourth-order valence-electron chi connectivity index (χ4n) is 1.70. The molecule has 1 aromatic rings. The van der Waals surface area contributed by atoms with E-state index in [1.807, 2.05) is 13.8 Å². The summed E-state index contributed by atoms with van der Waals surface area (Å²) in [7, 11) is 0. The van der Waals surface area contributed by atoms with Crippen LogP contribution in [0.3, 0.4) is 0 Å². The SMILES string of the molecule is C/C(CC(=O)NCC(C)C)=N/NC(=O)c1cccc(C)c1O. The molecular formula is C16H23N3O3. The molecule has 0 heterocycles. The normalized spacial score (nSPS) is 11.4. The Kier molecular flexibility index (Phi) is 6.56. The van der Waals surface area contributed by atoms with Gasteiger partial charge in [0.2, 0.25) is 5.91 Å². The molecule has 0 radical (unpaired) electrons. The van der Waals surface area contributed by atoms with E-state index in [9.17, 15) is 14.7 Å². The van der Waals surface area contributed by atoms with Gasteiger partial charge in [-0.3, -0.25) is 9.59 Å². The van der Waals surface area contributed by atoms with E-state index in [-0.39, 0.29) is 23.6 Å². The molecule has 0 unspecified atom stereocenters. The molecule has 0 saturated heterocycles. The first-order valence-corrected chi connectivity index (χ1v) is 7.20. The third kappa shape index (κ3) is 5.55. The summed E-state index contributed by atoms with van der Waals surface area (Å²) in [6, 6.07) is 4.90. The van der Waals surface area contributed by atoms with Crippen LogP contribution < -0.4 is 10.7 Å². The van der Waals surface area contributed by atoms with E-state index in [0.29, 0.717) is 23.7 Å². The van der Waals surface area contributed by atoms with E-state index in [1.165, 1.54) is 6.07 Å². The first-order valence-electron chi connectivity index (χ1n) is 7.20. The smallest absolute Gasteiger partial charge is 0.275 e. The van der Waals surface area contributed by atoms with Gasteiger partial charge < -0.3 is 10.4 Å². The third-order valence-corrected chi connectivity index (χ3v) is 2.95. The number of amides is 2. The minimum atomic E-state index is -0.511. The molecule has 2 amide bonds. The second kappa shape index (κ2) is 8.17. The Morgan fingerprint density at radius 3 is 2.64 bits per heavy atom. The Morgan fingerprint density at radius 2 is 2.00 bits per heavy atom. The van der Waals surface area contributed by atoms with Crippen molar-refractivity contribution in [3.05, 3.63) is 29.3 Å². The van der Waals surface area contributed by atoms with Crippen LogP contribution >= 0.6 is 0 Å². The minimum absolute atomic E-state index is 0.0671. The van der Waals surface area contributed by atoms with Gasteiger partial charge in [-0.15, -0.1) is 0 Å². The van der Waals surface area contributed by atoms with Crippen molar-refractivity contribution in [1.29, 1.82) is 0 Å². The number of phenols is 1. The highest BCUT2D eigenvalue weighted by molar-refractivity contribution is 6.01. The van der Waals surface area contributed by atoms with E-state index < -0.39 is 5.91 Å². The van der Waals surface area contributed by atoms with Crippen molar-refractivity contribution in [2.45, 2.75) is 34.1 Å². The molecule has 0 spiro atoms. The number of aromatic hydroxyl groups is 1. The van der Waals surface area contributed by atoms with Gasteiger partial charge in [0.05, 0.1) is 12.0 Å². The molecule has 1 rings (SSSR count). The maximum atomic E-state index is 11.9. The predicted molar refractivity (Wildman–Crippen MR) is 85.9 cm³/mol. The average molecular weight is 305 g/mol. The molecule has 0 aliphatic carbocycles. The van der Waals surface area contributed by atoms with Gasteiger partial charge in [0.25, 0.3) is 5.91 Å². The summed E-state index contributed by atoms with van der Waals surface area (Å²) < 4.78 is 0. The zero-order valence-corrected chi connectivity index (χ0v) is 13.4. The van der Waals surface area contributed by atoms with Gasteiger partial charge >= 0.3 is 0 Å². The Hall–Kier alpha value is -2.37. The van der Waals surface area contributed by atoms with Crippen molar-refractivity contribution in [2.75, 3.05) is 6.54 Å². The van der Waals surface area contributed by atoms with Gasteiger partial charge in [-0.2, -0.15) is 5.10 Å². The van der Waals surface area contributed by atoms with Crippen LogP contribution in [0, 0.1) is 12.8 Å². The highest BCUT2D eigenvalue weighted by Gasteiger charge is 2.12. The molecule has 0 saturated carbocycles. The van der Waals surface area contributed by atoms with Gasteiger partial charge in [0.15, 0.2) is 0 Å². The number of hydrogen-bond acceptors (Lipinski definition) is 4.